The predicted molar refractivity (Wildman–Crippen MR) is 100 cm³/mol. The zero-order valence-electron chi connectivity index (χ0n) is 14.8. The van der Waals surface area contributed by atoms with Crippen molar-refractivity contribution in [3.05, 3.63) is 51.9 Å². The Balaban J connectivity index is 2.21. The topological polar surface area (TPSA) is 88.8 Å². The number of ether oxygens (including phenoxy) is 1. The summed E-state index contributed by atoms with van der Waals surface area (Å²) >= 11 is 3.22. The molecule has 7 nitrogen and oxygen atoms in total. The summed E-state index contributed by atoms with van der Waals surface area (Å²) in [4.78, 5) is 14.3. The fourth-order valence-electron chi connectivity index (χ4n) is 2.31. The molecule has 0 saturated carbocycles. The number of carbonyl (C=O) groups is 1. The van der Waals surface area contributed by atoms with Gasteiger partial charge in [0.25, 0.3) is 5.91 Å². The van der Waals surface area contributed by atoms with Gasteiger partial charge in [-0.15, -0.1) is 0 Å². The minimum atomic E-state index is -3.71. The van der Waals surface area contributed by atoms with E-state index in [1.165, 1.54) is 24.1 Å². The van der Waals surface area contributed by atoms with Crippen molar-refractivity contribution in [3.63, 3.8) is 0 Å². The minimum Gasteiger partial charge on any atom is -0.452 e. The first-order valence-corrected chi connectivity index (χ1v) is 10.1. The Morgan fingerprint density at radius 3 is 2.65 bits per heavy atom. The lowest BCUT2D eigenvalue weighted by Gasteiger charge is -2.18. The number of furan rings is 1. The number of hydrogen-bond acceptors (Lipinski definition) is 5. The Labute approximate surface area is 161 Å². The minimum absolute atomic E-state index is 0.0386. The second kappa shape index (κ2) is 8.81. The highest BCUT2D eigenvalue weighted by atomic mass is 79.9. The highest BCUT2D eigenvalue weighted by Gasteiger charge is 2.20. The van der Waals surface area contributed by atoms with Crippen LogP contribution in [0.5, 0.6) is 0 Å². The van der Waals surface area contributed by atoms with Crippen molar-refractivity contribution in [2.45, 2.75) is 18.4 Å². The van der Waals surface area contributed by atoms with Crippen LogP contribution < -0.4 is 4.72 Å². The summed E-state index contributed by atoms with van der Waals surface area (Å²) in [7, 11) is -0.586. The molecule has 1 aromatic heterocycles. The van der Waals surface area contributed by atoms with E-state index < -0.39 is 10.0 Å². The second-order valence-corrected chi connectivity index (χ2v) is 8.28. The number of methoxy groups -OCH3 is 1. The molecule has 26 heavy (non-hydrogen) atoms. The molecular formula is C17H21BrN2O5S. The maximum atomic E-state index is 12.8. The molecule has 2 rings (SSSR count). The number of hydrogen-bond donors (Lipinski definition) is 1. The molecule has 0 unspecified atom stereocenters. The number of nitrogens with zero attached hydrogens (tertiary/aromatic N) is 1. The van der Waals surface area contributed by atoms with Crippen LogP contribution in [-0.2, 0) is 21.3 Å². The summed E-state index contributed by atoms with van der Waals surface area (Å²) in [5.74, 6) is 0.333. The Hall–Kier alpha value is -1.68. The maximum absolute atomic E-state index is 12.8. The summed E-state index contributed by atoms with van der Waals surface area (Å²) in [6.07, 6.45) is 0. The van der Waals surface area contributed by atoms with Crippen molar-refractivity contribution in [3.8, 4) is 0 Å². The molecule has 2 aromatic rings. The number of halogens is 1. The van der Waals surface area contributed by atoms with Gasteiger partial charge in [0.2, 0.25) is 10.0 Å². The molecule has 142 valence electrons. The van der Waals surface area contributed by atoms with Gasteiger partial charge in [0, 0.05) is 26.3 Å². The molecule has 0 bridgehead atoms. The third kappa shape index (κ3) is 5.16. The lowest BCUT2D eigenvalue weighted by Crippen LogP contribution is -2.29. The standard InChI is InChI=1S/C17H21BrN2O5S/c1-12-4-6-14(26(22,23)19-8-9-24-3)10-15(12)17(21)20(2)11-13-5-7-16(18)25-13/h4-7,10,19H,8-9,11H2,1-3H3. The van der Waals surface area contributed by atoms with Crippen LogP contribution in [0, 0.1) is 6.92 Å². The van der Waals surface area contributed by atoms with Crippen LogP contribution in [0.15, 0.2) is 44.3 Å². The van der Waals surface area contributed by atoms with E-state index >= 15 is 0 Å². The third-order valence-electron chi connectivity index (χ3n) is 3.72. The van der Waals surface area contributed by atoms with Gasteiger partial charge in [-0.3, -0.25) is 4.79 Å². The van der Waals surface area contributed by atoms with Gasteiger partial charge in [-0.05, 0) is 52.7 Å². The first kappa shape index (κ1) is 20.6. The number of sulfonamides is 1. The SMILES string of the molecule is COCCNS(=O)(=O)c1ccc(C)c(C(=O)N(C)Cc2ccc(Br)o2)c1. The molecule has 1 heterocycles. The van der Waals surface area contributed by atoms with E-state index in [1.54, 1.807) is 32.2 Å². The van der Waals surface area contributed by atoms with Crippen LogP contribution >= 0.6 is 15.9 Å². The lowest BCUT2D eigenvalue weighted by molar-refractivity contribution is 0.0774. The molecule has 1 N–H and O–H groups in total. The second-order valence-electron chi connectivity index (χ2n) is 5.73. The van der Waals surface area contributed by atoms with Crippen LogP contribution in [-0.4, -0.2) is 46.5 Å². The Morgan fingerprint density at radius 1 is 1.31 bits per heavy atom. The van der Waals surface area contributed by atoms with Gasteiger partial charge in [-0.1, -0.05) is 6.07 Å². The van der Waals surface area contributed by atoms with E-state index in [0.29, 0.717) is 21.6 Å². The van der Waals surface area contributed by atoms with E-state index in [9.17, 15) is 13.2 Å². The van der Waals surface area contributed by atoms with Gasteiger partial charge in [-0.2, -0.15) is 0 Å². The number of amides is 1. The normalized spacial score (nSPS) is 11.5. The van der Waals surface area contributed by atoms with Crippen LogP contribution in [0.3, 0.4) is 0 Å². The smallest absolute Gasteiger partial charge is 0.254 e. The van der Waals surface area contributed by atoms with Crippen molar-refractivity contribution in [1.82, 2.24) is 9.62 Å². The van der Waals surface area contributed by atoms with Crippen LogP contribution in [0.2, 0.25) is 0 Å². The number of aryl methyl sites for hydroxylation is 1. The molecular weight excluding hydrogens is 424 g/mol. The van der Waals surface area contributed by atoms with E-state index in [1.807, 2.05) is 0 Å². The van der Waals surface area contributed by atoms with Gasteiger partial charge in [0.05, 0.1) is 18.0 Å². The molecule has 1 amide bonds. The van der Waals surface area contributed by atoms with E-state index in [2.05, 4.69) is 20.7 Å². The van der Waals surface area contributed by atoms with Crippen LogP contribution in [0.4, 0.5) is 0 Å². The first-order valence-electron chi connectivity index (χ1n) is 7.83. The third-order valence-corrected chi connectivity index (χ3v) is 5.60. The summed E-state index contributed by atoms with van der Waals surface area (Å²) < 4.78 is 38.0. The van der Waals surface area contributed by atoms with Crippen LogP contribution in [0.1, 0.15) is 21.7 Å². The Kier molecular flexibility index (Phi) is 6.99. The molecule has 0 aliphatic rings. The van der Waals surface area contributed by atoms with Crippen molar-refractivity contribution < 1.29 is 22.4 Å². The lowest BCUT2D eigenvalue weighted by atomic mass is 10.1. The number of nitrogens with one attached hydrogen (secondary N) is 1. The van der Waals surface area contributed by atoms with E-state index in [4.69, 9.17) is 9.15 Å². The molecule has 9 heteroatoms. The first-order chi connectivity index (χ1) is 12.2. The largest absolute Gasteiger partial charge is 0.452 e. The maximum Gasteiger partial charge on any atom is 0.254 e. The molecule has 1 aromatic carbocycles. The molecule has 0 fully saturated rings. The Morgan fingerprint density at radius 2 is 2.04 bits per heavy atom. The van der Waals surface area contributed by atoms with E-state index in [0.717, 1.165) is 0 Å². The van der Waals surface area contributed by atoms with Crippen molar-refractivity contribution in [2.24, 2.45) is 0 Å². The van der Waals surface area contributed by atoms with Crippen LogP contribution in [0.25, 0.3) is 0 Å². The highest BCUT2D eigenvalue weighted by molar-refractivity contribution is 9.10. The quantitative estimate of drug-likeness (QED) is 0.631. The van der Waals surface area contributed by atoms with Gasteiger partial charge in [0.15, 0.2) is 4.67 Å². The number of carbonyl (C=O) groups excluding carboxylic acids is 1. The zero-order valence-corrected chi connectivity index (χ0v) is 17.2. The molecule has 0 spiro atoms. The van der Waals surface area contributed by atoms with Crippen molar-refractivity contribution >= 4 is 31.9 Å². The van der Waals surface area contributed by atoms with Gasteiger partial charge < -0.3 is 14.1 Å². The average Bonchev–Trinajstić information content (AvgIpc) is 2.99. The van der Waals surface area contributed by atoms with Gasteiger partial charge >= 0.3 is 0 Å². The molecule has 0 atom stereocenters. The summed E-state index contributed by atoms with van der Waals surface area (Å²) in [6, 6.07) is 8.00. The van der Waals surface area contributed by atoms with E-state index in [-0.39, 0.29) is 30.5 Å². The number of benzene rings is 1. The molecule has 0 saturated heterocycles. The monoisotopic (exact) mass is 444 g/mol. The fourth-order valence-corrected chi connectivity index (χ4v) is 3.69. The Bertz CT molecular complexity index is 879. The van der Waals surface area contributed by atoms with Gasteiger partial charge in [0.1, 0.15) is 5.76 Å². The van der Waals surface area contributed by atoms with Crippen molar-refractivity contribution in [2.75, 3.05) is 27.3 Å². The number of rotatable bonds is 8. The molecule has 0 aliphatic carbocycles. The summed E-state index contributed by atoms with van der Waals surface area (Å²) in [5, 5.41) is 0. The fraction of sp³-hybridized carbons (Fsp3) is 0.353. The highest BCUT2D eigenvalue weighted by Crippen LogP contribution is 2.19. The van der Waals surface area contributed by atoms with Crippen molar-refractivity contribution in [1.29, 1.82) is 0 Å². The molecule has 0 aliphatic heterocycles. The zero-order chi connectivity index (χ0) is 19.3. The average molecular weight is 445 g/mol. The predicted octanol–water partition coefficient (Wildman–Crippen LogP) is 2.55. The summed E-state index contributed by atoms with van der Waals surface area (Å²) in [6.45, 7) is 2.45. The molecule has 0 radical (unpaired) electrons. The van der Waals surface area contributed by atoms with Gasteiger partial charge in [-0.25, -0.2) is 13.1 Å². The summed E-state index contributed by atoms with van der Waals surface area (Å²) in [5.41, 5.74) is 1.02.